The molecule has 1 aliphatic rings. The van der Waals surface area contributed by atoms with Crippen LogP contribution in [-0.4, -0.2) is 35.5 Å². The molecule has 1 atom stereocenters. The van der Waals surface area contributed by atoms with Gasteiger partial charge in [-0.1, -0.05) is 55.5 Å². The highest BCUT2D eigenvalue weighted by atomic mass is 16.3. The molecule has 144 valence electrons. The van der Waals surface area contributed by atoms with Crippen molar-refractivity contribution in [3.8, 4) is 0 Å². The molecular formula is C23H30N2O2. The highest BCUT2D eigenvalue weighted by Crippen LogP contribution is 2.30. The Hall–Kier alpha value is -2.17. The van der Waals surface area contributed by atoms with E-state index in [4.69, 9.17) is 0 Å². The Bertz CT molecular complexity index is 752. The van der Waals surface area contributed by atoms with E-state index in [0.717, 1.165) is 49.2 Å². The summed E-state index contributed by atoms with van der Waals surface area (Å²) in [6.07, 6.45) is 2.31. The van der Waals surface area contributed by atoms with Crippen LogP contribution < -0.4 is 5.32 Å². The Labute approximate surface area is 162 Å². The zero-order valence-electron chi connectivity index (χ0n) is 16.3. The van der Waals surface area contributed by atoms with Gasteiger partial charge in [0.2, 0.25) is 5.91 Å². The van der Waals surface area contributed by atoms with Crippen molar-refractivity contribution in [3.05, 3.63) is 65.2 Å². The Morgan fingerprint density at radius 3 is 2.52 bits per heavy atom. The first-order valence-electron chi connectivity index (χ1n) is 9.92. The average molecular weight is 367 g/mol. The van der Waals surface area contributed by atoms with E-state index in [1.165, 1.54) is 5.56 Å². The summed E-state index contributed by atoms with van der Waals surface area (Å²) in [5.41, 5.74) is 4.22. The molecule has 1 unspecified atom stereocenters. The lowest BCUT2D eigenvalue weighted by Gasteiger charge is -2.34. The van der Waals surface area contributed by atoms with Crippen LogP contribution in [0.25, 0.3) is 0 Å². The zero-order chi connectivity index (χ0) is 19.2. The maximum atomic E-state index is 12.5. The normalized spacial score (nSPS) is 16.9. The summed E-state index contributed by atoms with van der Waals surface area (Å²) >= 11 is 0. The van der Waals surface area contributed by atoms with Gasteiger partial charge >= 0.3 is 0 Å². The fourth-order valence-corrected chi connectivity index (χ4v) is 3.93. The molecule has 27 heavy (non-hydrogen) atoms. The van der Waals surface area contributed by atoms with Crippen LogP contribution in [0.15, 0.2) is 48.5 Å². The maximum Gasteiger partial charge on any atom is 0.238 e. The summed E-state index contributed by atoms with van der Waals surface area (Å²) in [7, 11) is 0. The largest absolute Gasteiger partial charge is 0.388 e. The zero-order valence-corrected chi connectivity index (χ0v) is 16.3. The van der Waals surface area contributed by atoms with Gasteiger partial charge in [0.25, 0.3) is 0 Å². The fraction of sp³-hybridized carbons (Fsp3) is 0.435. The highest BCUT2D eigenvalue weighted by Gasteiger charge is 2.27. The van der Waals surface area contributed by atoms with Crippen molar-refractivity contribution in [3.63, 3.8) is 0 Å². The van der Waals surface area contributed by atoms with Gasteiger partial charge in [0, 0.05) is 5.69 Å². The molecule has 4 heteroatoms. The summed E-state index contributed by atoms with van der Waals surface area (Å²) in [6.45, 7) is 6.23. The molecule has 1 heterocycles. The third kappa shape index (κ3) is 4.96. The van der Waals surface area contributed by atoms with Crippen molar-refractivity contribution >= 4 is 11.6 Å². The monoisotopic (exact) mass is 366 g/mol. The van der Waals surface area contributed by atoms with Crippen LogP contribution in [0.4, 0.5) is 5.69 Å². The van der Waals surface area contributed by atoms with Crippen molar-refractivity contribution in [2.75, 3.05) is 25.0 Å². The molecule has 0 bridgehead atoms. The first-order chi connectivity index (χ1) is 13.1. The molecule has 3 rings (SSSR count). The Balaban J connectivity index is 1.51. The number of carbonyl (C=O) groups is 1. The topological polar surface area (TPSA) is 52.6 Å². The van der Waals surface area contributed by atoms with Crippen molar-refractivity contribution < 1.29 is 9.90 Å². The van der Waals surface area contributed by atoms with Gasteiger partial charge in [0.05, 0.1) is 12.6 Å². The second kappa shape index (κ2) is 9.16. The van der Waals surface area contributed by atoms with Gasteiger partial charge in [-0.25, -0.2) is 0 Å². The van der Waals surface area contributed by atoms with E-state index in [1.54, 1.807) is 0 Å². The number of aryl methyl sites for hydroxylation is 2. The van der Waals surface area contributed by atoms with Crippen LogP contribution in [0.1, 0.15) is 42.6 Å². The highest BCUT2D eigenvalue weighted by molar-refractivity contribution is 5.93. The molecule has 1 fully saturated rings. The third-order valence-corrected chi connectivity index (χ3v) is 5.59. The molecule has 0 radical (unpaired) electrons. The van der Waals surface area contributed by atoms with Crippen molar-refractivity contribution in [1.29, 1.82) is 0 Å². The summed E-state index contributed by atoms with van der Waals surface area (Å²) in [5, 5.41) is 13.7. The molecule has 0 aliphatic carbocycles. The number of nitrogens with one attached hydrogen (secondary N) is 1. The summed E-state index contributed by atoms with van der Waals surface area (Å²) in [5.74, 6) is 0.302. The smallest absolute Gasteiger partial charge is 0.238 e. The first-order valence-corrected chi connectivity index (χ1v) is 9.92. The number of hydrogen-bond acceptors (Lipinski definition) is 3. The lowest BCUT2D eigenvalue weighted by Crippen LogP contribution is -2.40. The van der Waals surface area contributed by atoms with E-state index in [2.05, 4.69) is 23.2 Å². The predicted octanol–water partition coefficient (Wildman–Crippen LogP) is 3.94. The van der Waals surface area contributed by atoms with Gasteiger partial charge in [-0.05, 0) is 61.9 Å². The van der Waals surface area contributed by atoms with Gasteiger partial charge in [-0.2, -0.15) is 0 Å². The molecular weight excluding hydrogens is 336 g/mol. The Morgan fingerprint density at radius 2 is 1.85 bits per heavy atom. The van der Waals surface area contributed by atoms with Gasteiger partial charge in [0.15, 0.2) is 0 Å². The quantitative estimate of drug-likeness (QED) is 0.814. The number of anilines is 1. The number of likely N-dealkylation sites (tertiary alicyclic amines) is 1. The number of aliphatic hydroxyl groups is 1. The van der Waals surface area contributed by atoms with Gasteiger partial charge in [-0.15, -0.1) is 0 Å². The maximum absolute atomic E-state index is 12.5. The summed E-state index contributed by atoms with van der Waals surface area (Å²) in [6, 6.07) is 16.0. The number of carbonyl (C=O) groups excluding carboxylic acids is 1. The Morgan fingerprint density at radius 1 is 1.15 bits per heavy atom. The molecule has 0 saturated carbocycles. The molecule has 1 amide bonds. The average Bonchev–Trinajstić information content (AvgIpc) is 2.70. The van der Waals surface area contributed by atoms with Gasteiger partial charge in [0.1, 0.15) is 0 Å². The summed E-state index contributed by atoms with van der Waals surface area (Å²) in [4.78, 5) is 14.7. The molecule has 1 saturated heterocycles. The van der Waals surface area contributed by atoms with Crippen molar-refractivity contribution in [2.45, 2.75) is 39.2 Å². The number of hydrogen-bond donors (Lipinski definition) is 2. The molecule has 1 aliphatic heterocycles. The van der Waals surface area contributed by atoms with Crippen LogP contribution >= 0.6 is 0 Å². The molecule has 2 aromatic rings. The lowest BCUT2D eigenvalue weighted by atomic mass is 9.87. The van der Waals surface area contributed by atoms with Crippen LogP contribution in [0, 0.1) is 12.8 Å². The minimum atomic E-state index is -0.416. The molecule has 0 aromatic heterocycles. The number of para-hydroxylation sites is 1. The van der Waals surface area contributed by atoms with E-state index in [9.17, 15) is 9.90 Å². The minimum Gasteiger partial charge on any atom is -0.388 e. The van der Waals surface area contributed by atoms with E-state index >= 15 is 0 Å². The number of benzene rings is 2. The van der Waals surface area contributed by atoms with Crippen LogP contribution in [0.3, 0.4) is 0 Å². The Kier molecular flexibility index (Phi) is 6.64. The van der Waals surface area contributed by atoms with Gasteiger partial charge < -0.3 is 10.4 Å². The van der Waals surface area contributed by atoms with E-state index in [-0.39, 0.29) is 11.8 Å². The van der Waals surface area contributed by atoms with Crippen LogP contribution in [0.2, 0.25) is 0 Å². The third-order valence-electron chi connectivity index (χ3n) is 5.59. The van der Waals surface area contributed by atoms with Crippen molar-refractivity contribution in [1.82, 2.24) is 4.90 Å². The number of amides is 1. The molecule has 4 nitrogen and oxygen atoms in total. The van der Waals surface area contributed by atoms with Crippen LogP contribution in [0.5, 0.6) is 0 Å². The summed E-state index contributed by atoms with van der Waals surface area (Å²) < 4.78 is 0. The van der Waals surface area contributed by atoms with Crippen LogP contribution in [-0.2, 0) is 11.2 Å². The predicted molar refractivity (Wildman–Crippen MR) is 110 cm³/mol. The van der Waals surface area contributed by atoms with E-state index in [1.807, 2.05) is 49.4 Å². The second-order valence-corrected chi connectivity index (χ2v) is 7.48. The number of piperidine rings is 1. The van der Waals surface area contributed by atoms with Crippen molar-refractivity contribution in [2.24, 2.45) is 5.92 Å². The standard InChI is InChI=1S/C23H30N2O2/c1-3-18-11-7-8-17(2)22(18)24-21(26)16-25-14-12-20(13-15-25)23(27)19-9-5-4-6-10-19/h4-11,20,23,27H,3,12-16H2,1-2H3,(H,24,26). The molecule has 2 N–H and O–H groups in total. The molecule has 0 spiro atoms. The number of rotatable bonds is 6. The number of aliphatic hydroxyl groups excluding tert-OH is 1. The fourth-order valence-electron chi connectivity index (χ4n) is 3.93. The lowest BCUT2D eigenvalue weighted by molar-refractivity contribution is -0.117. The second-order valence-electron chi connectivity index (χ2n) is 7.48. The van der Waals surface area contributed by atoms with E-state index < -0.39 is 6.10 Å². The van der Waals surface area contributed by atoms with Gasteiger partial charge in [-0.3, -0.25) is 9.69 Å². The van der Waals surface area contributed by atoms with E-state index in [0.29, 0.717) is 6.54 Å². The SMILES string of the molecule is CCc1cccc(C)c1NC(=O)CN1CCC(C(O)c2ccccc2)CC1. The number of nitrogens with zero attached hydrogens (tertiary/aromatic N) is 1. The first kappa shape index (κ1) is 19.6. The molecule has 2 aromatic carbocycles. The minimum absolute atomic E-state index is 0.0426.